The zero-order valence-corrected chi connectivity index (χ0v) is 20.5. The van der Waals surface area contributed by atoms with Gasteiger partial charge in [0.2, 0.25) is 0 Å². The maximum Gasteiger partial charge on any atom is 0.319 e. The number of nitrogens with one attached hydrogen (secondary N) is 2. The van der Waals surface area contributed by atoms with E-state index in [2.05, 4.69) is 10.6 Å². The number of carbonyl (C=O) groups excluding carboxylic acids is 2. The number of urea groups is 1. The highest BCUT2D eigenvalue weighted by molar-refractivity contribution is 7.99. The van der Waals surface area contributed by atoms with Crippen LogP contribution in [0.25, 0.3) is 0 Å². The molecule has 0 aliphatic carbocycles. The molecule has 4 aromatic rings. The number of hydrogen-bond donors (Lipinski definition) is 2. The van der Waals surface area contributed by atoms with Crippen LogP contribution in [0.15, 0.2) is 107 Å². The molecule has 0 radical (unpaired) electrons. The van der Waals surface area contributed by atoms with Crippen LogP contribution in [-0.2, 0) is 13.1 Å². The first-order chi connectivity index (χ1) is 17.6. The average Bonchev–Trinajstić information content (AvgIpc) is 3.02. The minimum Gasteiger partial charge on any atom is -0.497 e. The lowest BCUT2D eigenvalue weighted by atomic mass is 10.1. The van der Waals surface area contributed by atoms with Crippen LogP contribution in [0.5, 0.6) is 5.75 Å². The molecular weight excluding hydrogens is 470 g/mol. The van der Waals surface area contributed by atoms with Gasteiger partial charge in [-0.1, -0.05) is 66.4 Å². The predicted octanol–water partition coefficient (Wildman–Crippen LogP) is 6.33. The molecular formula is C29H25N3O3S. The molecule has 0 saturated carbocycles. The number of nitrogens with zero attached hydrogens (tertiary/aromatic N) is 1. The smallest absolute Gasteiger partial charge is 0.319 e. The maximum absolute atomic E-state index is 13.7. The summed E-state index contributed by atoms with van der Waals surface area (Å²) in [4.78, 5) is 29.9. The second-order valence-corrected chi connectivity index (χ2v) is 9.40. The highest BCUT2D eigenvalue weighted by Gasteiger charge is 2.27. The third kappa shape index (κ3) is 5.21. The third-order valence-corrected chi connectivity index (χ3v) is 7.00. The van der Waals surface area contributed by atoms with Crippen LogP contribution in [0.3, 0.4) is 0 Å². The van der Waals surface area contributed by atoms with E-state index < -0.39 is 0 Å². The standard InChI is InChI=1S/C29H25N3O3S/c1-35-23-11-7-10-21(16-23)18-30-29(34)31-22-14-15-27-25(17-22)32(19-20-8-3-2-4-9-20)28(33)24-12-5-6-13-26(24)36-27/h2-17H,18-19H2,1H3,(H2,30,31,34). The topological polar surface area (TPSA) is 70.7 Å². The van der Waals surface area contributed by atoms with Crippen LogP contribution >= 0.6 is 11.8 Å². The average molecular weight is 496 g/mol. The van der Waals surface area contributed by atoms with Crippen molar-refractivity contribution in [2.45, 2.75) is 22.9 Å². The molecule has 1 aliphatic heterocycles. The van der Waals surface area contributed by atoms with Gasteiger partial charge in [0.15, 0.2) is 0 Å². The Morgan fingerprint density at radius 1 is 0.861 bits per heavy atom. The first-order valence-electron chi connectivity index (χ1n) is 11.6. The zero-order chi connectivity index (χ0) is 24.9. The molecule has 0 bridgehead atoms. The summed E-state index contributed by atoms with van der Waals surface area (Å²) in [6, 6.07) is 30.4. The molecule has 36 heavy (non-hydrogen) atoms. The molecule has 0 unspecified atom stereocenters. The van der Waals surface area contributed by atoms with E-state index in [9.17, 15) is 9.59 Å². The Morgan fingerprint density at radius 2 is 1.64 bits per heavy atom. The molecule has 4 aromatic carbocycles. The molecule has 6 nitrogen and oxygen atoms in total. The van der Waals surface area contributed by atoms with Crippen molar-refractivity contribution in [2.24, 2.45) is 0 Å². The van der Waals surface area contributed by atoms with Crippen LogP contribution in [0.4, 0.5) is 16.2 Å². The van der Waals surface area contributed by atoms with Gasteiger partial charge in [-0.15, -0.1) is 0 Å². The Hall–Kier alpha value is -4.23. The van der Waals surface area contributed by atoms with Crippen molar-refractivity contribution < 1.29 is 14.3 Å². The highest BCUT2D eigenvalue weighted by Crippen LogP contribution is 2.43. The maximum atomic E-state index is 13.7. The van der Waals surface area contributed by atoms with Gasteiger partial charge in [0, 0.05) is 22.0 Å². The van der Waals surface area contributed by atoms with Gasteiger partial charge in [0.25, 0.3) is 5.91 Å². The summed E-state index contributed by atoms with van der Waals surface area (Å²) < 4.78 is 5.24. The second-order valence-electron chi connectivity index (χ2n) is 8.32. The molecule has 1 heterocycles. The van der Waals surface area contributed by atoms with Crippen molar-refractivity contribution in [1.29, 1.82) is 0 Å². The lowest BCUT2D eigenvalue weighted by Crippen LogP contribution is -2.31. The van der Waals surface area contributed by atoms with Gasteiger partial charge >= 0.3 is 6.03 Å². The summed E-state index contributed by atoms with van der Waals surface area (Å²) in [5, 5.41) is 5.78. The molecule has 2 N–H and O–H groups in total. The number of rotatable bonds is 6. The summed E-state index contributed by atoms with van der Waals surface area (Å²) >= 11 is 1.56. The summed E-state index contributed by atoms with van der Waals surface area (Å²) in [7, 11) is 1.61. The molecule has 0 spiro atoms. The van der Waals surface area contributed by atoms with Gasteiger partial charge in [-0.25, -0.2) is 4.79 Å². The van der Waals surface area contributed by atoms with E-state index in [-0.39, 0.29) is 11.9 Å². The molecule has 0 atom stereocenters. The van der Waals surface area contributed by atoms with Crippen LogP contribution in [0.2, 0.25) is 0 Å². The van der Waals surface area contributed by atoms with Crippen LogP contribution in [-0.4, -0.2) is 19.0 Å². The van der Waals surface area contributed by atoms with E-state index in [1.807, 2.05) is 97.1 Å². The summed E-state index contributed by atoms with van der Waals surface area (Å²) in [6.07, 6.45) is 0. The lowest BCUT2D eigenvalue weighted by Gasteiger charge is -2.24. The molecule has 5 rings (SSSR count). The van der Waals surface area contributed by atoms with Crippen molar-refractivity contribution in [2.75, 3.05) is 17.3 Å². The van der Waals surface area contributed by atoms with Crippen LogP contribution in [0, 0.1) is 0 Å². The SMILES string of the molecule is COc1cccc(CNC(=O)Nc2ccc3c(c2)N(Cc2ccccc2)C(=O)c2ccccc2S3)c1. The number of fused-ring (bicyclic) bond motifs is 2. The zero-order valence-electron chi connectivity index (χ0n) is 19.7. The van der Waals surface area contributed by atoms with Gasteiger partial charge < -0.3 is 20.3 Å². The predicted molar refractivity (Wildman–Crippen MR) is 143 cm³/mol. The molecule has 1 aliphatic rings. The summed E-state index contributed by atoms with van der Waals surface area (Å²) in [6.45, 7) is 0.783. The quantitative estimate of drug-likeness (QED) is 0.328. The first kappa shape index (κ1) is 23.5. The van der Waals surface area contributed by atoms with Crippen molar-refractivity contribution in [3.63, 3.8) is 0 Å². The Kier molecular flexibility index (Phi) is 6.91. The van der Waals surface area contributed by atoms with Gasteiger partial charge in [0.05, 0.1) is 24.9 Å². The Balaban J connectivity index is 1.39. The molecule has 0 fully saturated rings. The number of amides is 3. The first-order valence-corrected chi connectivity index (χ1v) is 12.4. The number of methoxy groups -OCH3 is 1. The fourth-order valence-corrected chi connectivity index (χ4v) is 5.12. The van der Waals surface area contributed by atoms with Crippen molar-refractivity contribution in [3.05, 3.63) is 114 Å². The van der Waals surface area contributed by atoms with E-state index in [1.165, 1.54) is 0 Å². The molecule has 180 valence electrons. The van der Waals surface area contributed by atoms with E-state index in [4.69, 9.17) is 4.74 Å². The number of ether oxygens (including phenoxy) is 1. The fourth-order valence-electron chi connectivity index (χ4n) is 4.06. The molecule has 3 amide bonds. The van der Waals surface area contributed by atoms with Crippen LogP contribution < -0.4 is 20.3 Å². The van der Waals surface area contributed by atoms with Crippen molar-refractivity contribution >= 4 is 35.1 Å². The minimum atomic E-state index is -0.330. The molecule has 0 saturated heterocycles. The summed E-state index contributed by atoms with van der Waals surface area (Å²) in [5.41, 5.74) is 3.99. The second kappa shape index (κ2) is 10.6. The van der Waals surface area contributed by atoms with Gasteiger partial charge in [-0.05, 0) is 53.6 Å². The monoisotopic (exact) mass is 495 g/mol. The van der Waals surface area contributed by atoms with Gasteiger partial charge in [-0.3, -0.25) is 4.79 Å². The van der Waals surface area contributed by atoms with Crippen LogP contribution in [0.1, 0.15) is 21.5 Å². The lowest BCUT2D eigenvalue weighted by molar-refractivity contribution is 0.0982. The Bertz CT molecular complexity index is 1410. The van der Waals surface area contributed by atoms with Gasteiger partial charge in [0.1, 0.15) is 5.75 Å². The highest BCUT2D eigenvalue weighted by atomic mass is 32.2. The Morgan fingerprint density at radius 3 is 2.47 bits per heavy atom. The number of carbonyl (C=O) groups is 2. The largest absolute Gasteiger partial charge is 0.497 e. The van der Waals surface area contributed by atoms with Gasteiger partial charge in [-0.2, -0.15) is 0 Å². The fraction of sp³-hybridized carbons (Fsp3) is 0.103. The van der Waals surface area contributed by atoms with E-state index in [1.54, 1.807) is 23.8 Å². The minimum absolute atomic E-state index is 0.0691. The summed E-state index contributed by atoms with van der Waals surface area (Å²) in [5.74, 6) is 0.669. The number of hydrogen-bond acceptors (Lipinski definition) is 4. The number of benzene rings is 4. The number of anilines is 2. The Labute approximate surface area is 214 Å². The van der Waals surface area contributed by atoms with E-state index in [0.717, 1.165) is 32.4 Å². The molecule has 7 heteroatoms. The molecule has 0 aromatic heterocycles. The normalized spacial score (nSPS) is 12.2. The third-order valence-electron chi connectivity index (χ3n) is 5.86. The van der Waals surface area contributed by atoms with E-state index >= 15 is 0 Å². The van der Waals surface area contributed by atoms with E-state index in [0.29, 0.717) is 24.3 Å². The van der Waals surface area contributed by atoms with Crippen molar-refractivity contribution in [3.8, 4) is 5.75 Å². The van der Waals surface area contributed by atoms with Crippen molar-refractivity contribution in [1.82, 2.24) is 5.32 Å².